The molecule has 7 heteroatoms. The van der Waals surface area contributed by atoms with Crippen molar-refractivity contribution in [1.29, 1.82) is 0 Å². The van der Waals surface area contributed by atoms with Gasteiger partial charge < -0.3 is 14.4 Å². The highest BCUT2D eigenvalue weighted by Gasteiger charge is 2.43. The topological polar surface area (TPSA) is 34.1 Å². The van der Waals surface area contributed by atoms with Crippen molar-refractivity contribution in [2.75, 3.05) is 26.8 Å². The standard InChI is InChI=1S/C21H23Cl2FN2O2/c1-4-26(3)13-25-20-7-14(2)17(9-19(20)24)21(11-27-12-21)28-10-15-8-16(22)5-6-18(15)23/h5-9,13H,4,10-12H2,1-3H3. The van der Waals surface area contributed by atoms with E-state index in [1.54, 1.807) is 30.6 Å². The first kappa shape index (κ1) is 21.1. The van der Waals surface area contributed by atoms with Crippen molar-refractivity contribution in [2.24, 2.45) is 4.99 Å². The number of ether oxygens (including phenoxy) is 2. The summed E-state index contributed by atoms with van der Waals surface area (Å²) >= 11 is 12.3. The van der Waals surface area contributed by atoms with Gasteiger partial charge in [-0.3, -0.25) is 0 Å². The van der Waals surface area contributed by atoms with E-state index in [0.717, 1.165) is 23.2 Å². The van der Waals surface area contributed by atoms with E-state index in [0.29, 0.717) is 28.9 Å². The molecule has 1 heterocycles. The summed E-state index contributed by atoms with van der Waals surface area (Å²) in [6.07, 6.45) is 1.62. The Bertz CT molecular complexity index is 885. The molecule has 0 N–H and O–H groups in total. The predicted molar refractivity (Wildman–Crippen MR) is 111 cm³/mol. The molecule has 4 nitrogen and oxygen atoms in total. The Morgan fingerprint density at radius 3 is 2.68 bits per heavy atom. The smallest absolute Gasteiger partial charge is 0.149 e. The highest BCUT2D eigenvalue weighted by Crippen LogP contribution is 2.39. The fraction of sp³-hybridized carbons (Fsp3) is 0.381. The molecule has 1 aliphatic rings. The lowest BCUT2D eigenvalue weighted by molar-refractivity contribution is -0.223. The van der Waals surface area contributed by atoms with Crippen LogP contribution in [0.3, 0.4) is 0 Å². The largest absolute Gasteiger partial charge is 0.375 e. The monoisotopic (exact) mass is 424 g/mol. The van der Waals surface area contributed by atoms with E-state index in [-0.39, 0.29) is 6.61 Å². The fourth-order valence-corrected chi connectivity index (χ4v) is 3.34. The van der Waals surface area contributed by atoms with Gasteiger partial charge in [-0.25, -0.2) is 9.38 Å². The van der Waals surface area contributed by atoms with Gasteiger partial charge in [0.25, 0.3) is 0 Å². The minimum Gasteiger partial charge on any atom is -0.375 e. The van der Waals surface area contributed by atoms with Crippen LogP contribution in [0.5, 0.6) is 0 Å². The maximum Gasteiger partial charge on any atom is 0.149 e. The van der Waals surface area contributed by atoms with Crippen molar-refractivity contribution in [3.8, 4) is 0 Å². The van der Waals surface area contributed by atoms with E-state index in [2.05, 4.69) is 4.99 Å². The number of nitrogens with zero attached hydrogens (tertiary/aromatic N) is 2. The van der Waals surface area contributed by atoms with Crippen LogP contribution in [0.25, 0.3) is 0 Å². The number of aliphatic imine (C=N–C) groups is 1. The number of rotatable bonds is 7. The van der Waals surface area contributed by atoms with E-state index in [1.165, 1.54) is 6.07 Å². The van der Waals surface area contributed by atoms with E-state index >= 15 is 0 Å². The maximum absolute atomic E-state index is 14.7. The first-order valence-corrected chi connectivity index (χ1v) is 9.81. The van der Waals surface area contributed by atoms with Gasteiger partial charge in [0.1, 0.15) is 17.1 Å². The summed E-state index contributed by atoms with van der Waals surface area (Å²) in [7, 11) is 1.89. The SMILES string of the molecule is CCN(C)C=Nc1cc(C)c(C2(OCc3cc(Cl)ccc3Cl)COC2)cc1F. The third-order valence-corrected chi connectivity index (χ3v) is 5.46. The lowest BCUT2D eigenvalue weighted by Gasteiger charge is -2.42. The molecule has 2 aromatic carbocycles. The van der Waals surface area contributed by atoms with Gasteiger partial charge in [0.05, 0.1) is 26.2 Å². The van der Waals surface area contributed by atoms with Gasteiger partial charge in [-0.2, -0.15) is 0 Å². The van der Waals surface area contributed by atoms with Crippen LogP contribution in [0.15, 0.2) is 35.3 Å². The molecule has 0 unspecified atom stereocenters. The average Bonchev–Trinajstić information content (AvgIpc) is 2.64. The van der Waals surface area contributed by atoms with Crippen molar-refractivity contribution in [3.63, 3.8) is 0 Å². The zero-order chi connectivity index (χ0) is 20.3. The van der Waals surface area contributed by atoms with Crippen LogP contribution in [0, 0.1) is 12.7 Å². The summed E-state index contributed by atoms with van der Waals surface area (Å²) in [4.78, 5) is 6.12. The summed E-state index contributed by atoms with van der Waals surface area (Å²) in [6, 6.07) is 8.46. The van der Waals surface area contributed by atoms with Crippen LogP contribution in [0.4, 0.5) is 10.1 Å². The van der Waals surface area contributed by atoms with Crippen molar-refractivity contribution in [1.82, 2.24) is 4.90 Å². The molecule has 0 atom stereocenters. The minimum absolute atomic E-state index is 0.255. The Balaban J connectivity index is 1.84. The van der Waals surface area contributed by atoms with Gasteiger partial charge >= 0.3 is 0 Å². The number of benzene rings is 2. The molecule has 0 bridgehead atoms. The summed E-state index contributed by atoms with van der Waals surface area (Å²) < 4.78 is 26.3. The van der Waals surface area contributed by atoms with Gasteiger partial charge in [-0.15, -0.1) is 0 Å². The molecule has 0 radical (unpaired) electrons. The average molecular weight is 425 g/mol. The molecular formula is C21H23Cl2FN2O2. The second kappa shape index (κ2) is 8.78. The molecule has 2 aromatic rings. The minimum atomic E-state index is -0.709. The van der Waals surface area contributed by atoms with Crippen molar-refractivity contribution < 1.29 is 13.9 Å². The highest BCUT2D eigenvalue weighted by molar-refractivity contribution is 6.33. The van der Waals surface area contributed by atoms with Gasteiger partial charge in [0.15, 0.2) is 0 Å². The molecule has 1 fully saturated rings. The Morgan fingerprint density at radius 2 is 2.04 bits per heavy atom. The maximum atomic E-state index is 14.7. The van der Waals surface area contributed by atoms with Crippen LogP contribution >= 0.6 is 23.2 Å². The second-order valence-corrected chi connectivity index (χ2v) is 7.79. The lowest BCUT2D eigenvalue weighted by Crippen LogP contribution is -2.49. The van der Waals surface area contributed by atoms with Crippen LogP contribution in [-0.4, -0.2) is 38.0 Å². The number of halogens is 3. The van der Waals surface area contributed by atoms with Gasteiger partial charge in [-0.05, 0) is 60.9 Å². The second-order valence-electron chi connectivity index (χ2n) is 6.95. The molecule has 0 amide bonds. The Labute approximate surface area is 174 Å². The Hall–Kier alpha value is -1.66. The summed E-state index contributed by atoms with van der Waals surface area (Å²) in [5.41, 5.74) is 2.03. The first-order chi connectivity index (χ1) is 13.3. The molecule has 0 aliphatic carbocycles. The van der Waals surface area contributed by atoms with Crippen LogP contribution in [0.2, 0.25) is 10.0 Å². The third-order valence-electron chi connectivity index (χ3n) is 4.86. The predicted octanol–water partition coefficient (Wildman–Crippen LogP) is 5.49. The van der Waals surface area contributed by atoms with Gasteiger partial charge in [-0.1, -0.05) is 23.2 Å². The quantitative estimate of drug-likeness (QED) is 0.434. The molecule has 1 saturated heterocycles. The van der Waals surface area contributed by atoms with Gasteiger partial charge in [0.2, 0.25) is 0 Å². The summed E-state index contributed by atoms with van der Waals surface area (Å²) in [6.45, 7) is 5.68. The van der Waals surface area contributed by atoms with Crippen molar-refractivity contribution in [2.45, 2.75) is 26.1 Å². The normalized spacial score (nSPS) is 15.6. The lowest BCUT2D eigenvalue weighted by atomic mass is 9.87. The number of aryl methyl sites for hydroxylation is 1. The van der Waals surface area contributed by atoms with Crippen LogP contribution in [-0.2, 0) is 21.7 Å². The van der Waals surface area contributed by atoms with Crippen LogP contribution < -0.4 is 0 Å². The molecule has 0 aromatic heterocycles. The summed E-state index contributed by atoms with van der Waals surface area (Å²) in [5, 5.41) is 1.16. The molecule has 28 heavy (non-hydrogen) atoms. The molecule has 0 spiro atoms. The van der Waals surface area contributed by atoms with E-state index in [9.17, 15) is 4.39 Å². The van der Waals surface area contributed by atoms with E-state index in [4.69, 9.17) is 32.7 Å². The molecule has 0 saturated carbocycles. The number of hydrogen-bond donors (Lipinski definition) is 0. The first-order valence-electron chi connectivity index (χ1n) is 9.05. The van der Waals surface area contributed by atoms with Crippen LogP contribution in [0.1, 0.15) is 23.6 Å². The van der Waals surface area contributed by atoms with Crippen molar-refractivity contribution >= 4 is 35.2 Å². The molecule has 3 rings (SSSR count). The molecule has 150 valence electrons. The zero-order valence-electron chi connectivity index (χ0n) is 16.1. The summed E-state index contributed by atoms with van der Waals surface area (Å²) in [5.74, 6) is -0.392. The highest BCUT2D eigenvalue weighted by atomic mass is 35.5. The zero-order valence-corrected chi connectivity index (χ0v) is 17.6. The molecular weight excluding hydrogens is 402 g/mol. The van der Waals surface area contributed by atoms with Gasteiger partial charge in [0, 0.05) is 23.6 Å². The Kier molecular flexibility index (Phi) is 6.61. The fourth-order valence-electron chi connectivity index (χ4n) is 2.97. The third kappa shape index (κ3) is 4.49. The van der Waals surface area contributed by atoms with Crippen molar-refractivity contribution in [3.05, 3.63) is 62.9 Å². The Morgan fingerprint density at radius 1 is 1.29 bits per heavy atom. The van der Waals surface area contributed by atoms with E-state index < -0.39 is 11.4 Å². The number of hydrogen-bond acceptors (Lipinski definition) is 3. The van der Waals surface area contributed by atoms with E-state index in [1.807, 2.05) is 25.8 Å². The molecule has 1 aliphatic heterocycles.